The number of pyridine rings is 1. The molecule has 4 aliphatic carbocycles. The van der Waals surface area contributed by atoms with Crippen LogP contribution in [0, 0.1) is 34.5 Å². The molecule has 1 N–H and O–H groups in total. The van der Waals surface area contributed by atoms with Crippen LogP contribution in [0.1, 0.15) is 62.3 Å². The van der Waals surface area contributed by atoms with Gasteiger partial charge in [-0.2, -0.15) is 5.26 Å². The average molecular weight is 507 g/mol. The Hall–Kier alpha value is -1.88. The molecule has 1 aliphatic heterocycles. The van der Waals surface area contributed by atoms with Gasteiger partial charge in [-0.15, -0.1) is 11.3 Å². The molecule has 7 rings (SSSR count). The second-order valence-electron chi connectivity index (χ2n) is 11.5. The Bertz CT molecular complexity index is 1130. The summed E-state index contributed by atoms with van der Waals surface area (Å²) >= 11 is 3.09. The maximum absolute atomic E-state index is 13.1. The molecule has 5 nitrogen and oxygen atoms in total. The number of likely N-dealkylation sites (N-methyl/N-ethyl adjacent to an activating group) is 1. The van der Waals surface area contributed by atoms with Gasteiger partial charge in [0, 0.05) is 41.7 Å². The molecule has 2 aromatic heterocycles. The van der Waals surface area contributed by atoms with E-state index in [4.69, 9.17) is 4.98 Å². The number of nitriles is 1. The van der Waals surface area contributed by atoms with E-state index in [1.807, 2.05) is 6.07 Å². The predicted molar refractivity (Wildman–Crippen MR) is 141 cm³/mol. The van der Waals surface area contributed by atoms with Crippen LogP contribution in [0.4, 0.5) is 0 Å². The van der Waals surface area contributed by atoms with Crippen LogP contribution in [0.5, 0.6) is 0 Å². The lowest BCUT2D eigenvalue weighted by atomic mass is 9.48. The second kappa shape index (κ2) is 9.21. The molecule has 4 bridgehead atoms. The smallest absolute Gasteiger partial charge is 0.230 e. The van der Waals surface area contributed by atoms with Crippen molar-refractivity contribution in [3.8, 4) is 16.5 Å². The maximum atomic E-state index is 13.1. The zero-order chi connectivity index (χ0) is 24.2. The third-order valence-corrected chi connectivity index (χ3v) is 11.0. The van der Waals surface area contributed by atoms with Gasteiger partial charge in [0.15, 0.2) is 0 Å². The van der Waals surface area contributed by atoms with Crippen LogP contribution in [0.3, 0.4) is 0 Å². The van der Waals surface area contributed by atoms with Crippen LogP contribution in [-0.2, 0) is 17.8 Å². The Morgan fingerprint density at radius 3 is 2.66 bits per heavy atom. The number of hydrogen-bond acceptors (Lipinski definition) is 6. The molecule has 0 saturated heterocycles. The van der Waals surface area contributed by atoms with Gasteiger partial charge in [-0.3, -0.25) is 4.79 Å². The quantitative estimate of drug-likeness (QED) is 0.525. The highest BCUT2D eigenvalue weighted by atomic mass is 32.2. The summed E-state index contributed by atoms with van der Waals surface area (Å²) in [6.45, 7) is 4.00. The van der Waals surface area contributed by atoms with E-state index in [-0.39, 0.29) is 11.9 Å². The molecule has 1 amide bonds. The summed E-state index contributed by atoms with van der Waals surface area (Å²) in [4.78, 5) is 21.4. The number of nitrogens with one attached hydrogen (secondary N) is 1. The van der Waals surface area contributed by atoms with E-state index in [0.717, 1.165) is 53.4 Å². The van der Waals surface area contributed by atoms with Crippen molar-refractivity contribution in [1.29, 1.82) is 5.26 Å². The van der Waals surface area contributed by atoms with E-state index in [1.165, 1.54) is 55.9 Å². The van der Waals surface area contributed by atoms with Gasteiger partial charge in [-0.05, 0) is 92.7 Å². The first-order chi connectivity index (χ1) is 16.9. The summed E-state index contributed by atoms with van der Waals surface area (Å²) < 4.78 is 0. The number of hydrogen-bond donors (Lipinski definition) is 1. The molecule has 4 saturated carbocycles. The van der Waals surface area contributed by atoms with Gasteiger partial charge in [0.2, 0.25) is 5.91 Å². The molecular formula is C28H34N4OS2. The van der Waals surface area contributed by atoms with Gasteiger partial charge >= 0.3 is 0 Å². The normalized spacial score (nSPS) is 30.0. The molecule has 1 atom stereocenters. The maximum Gasteiger partial charge on any atom is 0.230 e. The fourth-order valence-electron chi connectivity index (χ4n) is 7.85. The number of carbonyl (C=O) groups excluding carboxylic acids is 1. The van der Waals surface area contributed by atoms with E-state index in [1.54, 1.807) is 11.3 Å². The minimum absolute atomic E-state index is 0.0686. The molecule has 1 unspecified atom stereocenters. The number of amides is 1. The lowest BCUT2D eigenvalue weighted by molar-refractivity contribution is -0.123. The van der Waals surface area contributed by atoms with Gasteiger partial charge in [0.25, 0.3) is 0 Å². The summed E-state index contributed by atoms with van der Waals surface area (Å²) in [5.41, 5.74) is 4.18. The van der Waals surface area contributed by atoms with Crippen LogP contribution < -0.4 is 5.32 Å². The first kappa shape index (κ1) is 23.5. The number of thioether (sulfide) groups is 1. The monoisotopic (exact) mass is 506 g/mol. The van der Waals surface area contributed by atoms with Crippen molar-refractivity contribution < 1.29 is 4.79 Å². The molecule has 0 aromatic carbocycles. The van der Waals surface area contributed by atoms with E-state index >= 15 is 0 Å². The van der Waals surface area contributed by atoms with Crippen molar-refractivity contribution in [2.75, 3.05) is 19.3 Å². The van der Waals surface area contributed by atoms with Crippen molar-refractivity contribution in [3.05, 3.63) is 34.3 Å². The standard InChI is InChI=1S/C28H34N4OS2/c1-17(28-11-18-8-19(12-28)10-20(9-18)13-28)30-25(33)16-35-27-21(14-29)26(24-4-3-7-34-24)22-15-32(2)6-5-23(22)31-27/h3-4,7,17-20H,5-6,8-13,15-16H2,1-2H3,(H,30,33). The van der Waals surface area contributed by atoms with Crippen LogP contribution >= 0.6 is 23.1 Å². The number of thiophene rings is 1. The third kappa shape index (κ3) is 4.32. The van der Waals surface area contributed by atoms with Gasteiger partial charge in [0.05, 0.1) is 11.3 Å². The highest BCUT2D eigenvalue weighted by molar-refractivity contribution is 8.00. The Morgan fingerprint density at radius 2 is 2.03 bits per heavy atom. The Kier molecular flexibility index (Phi) is 6.19. The number of rotatable bonds is 6. The summed E-state index contributed by atoms with van der Waals surface area (Å²) in [6.07, 6.45) is 8.99. The molecule has 2 aromatic rings. The average Bonchev–Trinajstić information content (AvgIpc) is 3.35. The zero-order valence-electron chi connectivity index (χ0n) is 20.7. The fourth-order valence-corrected chi connectivity index (χ4v) is 9.47. The largest absolute Gasteiger partial charge is 0.352 e. The molecule has 4 fully saturated rings. The van der Waals surface area contributed by atoms with Gasteiger partial charge < -0.3 is 10.2 Å². The number of aromatic nitrogens is 1. The Balaban J connectivity index is 1.20. The first-order valence-electron chi connectivity index (χ1n) is 13.0. The minimum Gasteiger partial charge on any atom is -0.352 e. The van der Waals surface area contributed by atoms with Gasteiger partial charge in [-0.1, -0.05) is 17.8 Å². The van der Waals surface area contributed by atoms with E-state index in [2.05, 4.69) is 41.7 Å². The highest BCUT2D eigenvalue weighted by Gasteiger charge is 2.53. The van der Waals surface area contributed by atoms with E-state index < -0.39 is 0 Å². The summed E-state index contributed by atoms with van der Waals surface area (Å²) in [5.74, 6) is 3.01. The van der Waals surface area contributed by atoms with Gasteiger partial charge in [-0.25, -0.2) is 4.98 Å². The van der Waals surface area contributed by atoms with Crippen LogP contribution in [0.15, 0.2) is 22.5 Å². The van der Waals surface area contributed by atoms with Crippen molar-refractivity contribution >= 4 is 29.0 Å². The molecule has 7 heteroatoms. The summed E-state index contributed by atoms with van der Waals surface area (Å²) in [6, 6.07) is 6.78. The SMILES string of the molecule is CC(NC(=O)CSc1nc2c(c(-c3cccs3)c1C#N)CN(C)CC2)C12CC3CC(CC(C3)C1)C2. The third-order valence-electron chi connectivity index (χ3n) is 9.11. The Labute approximate surface area is 216 Å². The van der Waals surface area contributed by atoms with Crippen LogP contribution in [0.25, 0.3) is 10.4 Å². The van der Waals surface area contributed by atoms with E-state index in [9.17, 15) is 10.1 Å². The summed E-state index contributed by atoms with van der Waals surface area (Å²) in [7, 11) is 2.12. The topological polar surface area (TPSA) is 69.0 Å². The van der Waals surface area contributed by atoms with Gasteiger partial charge in [0.1, 0.15) is 11.1 Å². The predicted octanol–water partition coefficient (Wildman–Crippen LogP) is 5.48. The molecular weight excluding hydrogens is 472 g/mol. The lowest BCUT2D eigenvalue weighted by Crippen LogP contribution is -2.56. The number of carbonyl (C=O) groups is 1. The number of nitrogens with zero attached hydrogens (tertiary/aromatic N) is 3. The van der Waals surface area contributed by atoms with Crippen molar-refractivity contribution in [2.24, 2.45) is 23.2 Å². The Morgan fingerprint density at radius 1 is 1.31 bits per heavy atom. The molecule has 5 aliphatic rings. The van der Waals surface area contributed by atoms with Crippen molar-refractivity contribution in [1.82, 2.24) is 15.2 Å². The molecule has 0 spiro atoms. The molecule has 0 radical (unpaired) electrons. The number of fused-ring (bicyclic) bond motifs is 1. The van der Waals surface area contributed by atoms with Crippen molar-refractivity contribution in [3.63, 3.8) is 0 Å². The minimum atomic E-state index is 0.0686. The first-order valence-corrected chi connectivity index (χ1v) is 14.9. The summed E-state index contributed by atoms with van der Waals surface area (Å²) in [5, 5.41) is 16.3. The fraction of sp³-hybridized carbons (Fsp3) is 0.607. The lowest BCUT2D eigenvalue weighted by Gasteiger charge is -2.59. The second-order valence-corrected chi connectivity index (χ2v) is 13.4. The highest BCUT2D eigenvalue weighted by Crippen LogP contribution is 2.61. The van der Waals surface area contributed by atoms with Crippen LogP contribution in [0.2, 0.25) is 0 Å². The van der Waals surface area contributed by atoms with E-state index in [0.29, 0.717) is 21.8 Å². The molecule has 35 heavy (non-hydrogen) atoms. The molecule has 3 heterocycles. The van der Waals surface area contributed by atoms with Crippen LogP contribution in [-0.4, -0.2) is 41.2 Å². The van der Waals surface area contributed by atoms with Crippen molar-refractivity contribution in [2.45, 2.75) is 69.5 Å². The molecule has 184 valence electrons. The zero-order valence-corrected chi connectivity index (χ0v) is 22.3.